The van der Waals surface area contributed by atoms with E-state index in [2.05, 4.69) is 12.1 Å². The smallest absolute Gasteiger partial charge is 0.190 e. The number of hydrogen-bond donors (Lipinski definition) is 0. The summed E-state index contributed by atoms with van der Waals surface area (Å²) in [5.41, 5.74) is 2.73. The van der Waals surface area contributed by atoms with Crippen LogP contribution in [0.2, 0.25) is 0 Å². The molecule has 6 nitrogen and oxygen atoms in total. The van der Waals surface area contributed by atoms with Crippen molar-refractivity contribution in [1.82, 2.24) is 0 Å². The summed E-state index contributed by atoms with van der Waals surface area (Å²) in [6, 6.07) is 1.69. The highest BCUT2D eigenvalue weighted by Crippen LogP contribution is 2.38. The lowest BCUT2D eigenvalue weighted by atomic mass is 9.89. The van der Waals surface area contributed by atoms with Gasteiger partial charge in [0, 0.05) is 12.0 Å². The quantitative estimate of drug-likeness (QED) is 0.213. The number of carbonyl (C=O) groups is 2. The van der Waals surface area contributed by atoms with E-state index in [0.29, 0.717) is 35.8 Å². The second-order valence-electron chi connectivity index (χ2n) is 7.39. The van der Waals surface area contributed by atoms with E-state index in [0.717, 1.165) is 31.3 Å². The van der Waals surface area contributed by atoms with Gasteiger partial charge >= 0.3 is 0 Å². The number of ether oxygens (including phenoxy) is 2. The minimum Gasteiger partial charge on any atom is -0.496 e. The molecule has 1 aromatic carbocycles. The molecule has 0 spiro atoms. The second kappa shape index (κ2) is 11.3. The lowest BCUT2D eigenvalue weighted by molar-refractivity contribution is 0.0989. The third kappa shape index (κ3) is 5.59. The number of methoxy groups -OCH3 is 2. The highest BCUT2D eigenvalue weighted by Gasteiger charge is 2.31. The SMILES string of the molecule is CCCCCCON=C(CC=C(C)C)c1cc(OC)c2c(c1OC)C(=O)C=CC2=O. The van der Waals surface area contributed by atoms with E-state index < -0.39 is 0 Å². The number of ketones is 2. The van der Waals surface area contributed by atoms with Gasteiger partial charge in [-0.25, -0.2) is 0 Å². The van der Waals surface area contributed by atoms with Gasteiger partial charge in [-0.2, -0.15) is 0 Å². The van der Waals surface area contributed by atoms with Crippen molar-refractivity contribution in [3.63, 3.8) is 0 Å². The van der Waals surface area contributed by atoms with E-state index in [-0.39, 0.29) is 22.7 Å². The molecule has 0 saturated heterocycles. The largest absolute Gasteiger partial charge is 0.496 e. The number of nitrogens with zero attached hydrogens (tertiary/aromatic N) is 1. The molecule has 0 heterocycles. The Bertz CT molecular complexity index is 876. The van der Waals surface area contributed by atoms with Crippen LogP contribution >= 0.6 is 0 Å². The third-order valence-corrected chi connectivity index (χ3v) is 4.82. The molecule has 0 N–H and O–H groups in total. The highest BCUT2D eigenvalue weighted by atomic mass is 16.6. The van der Waals surface area contributed by atoms with Gasteiger partial charge in [-0.05, 0) is 44.9 Å². The van der Waals surface area contributed by atoms with E-state index in [4.69, 9.17) is 14.3 Å². The molecular weight excluding hydrogens is 382 g/mol. The molecule has 0 saturated carbocycles. The lowest BCUT2D eigenvalue weighted by Gasteiger charge is -2.20. The molecule has 0 aliphatic heterocycles. The molecule has 2 rings (SSSR count). The zero-order valence-electron chi connectivity index (χ0n) is 18.5. The molecular formula is C24H31NO5. The van der Waals surface area contributed by atoms with Crippen LogP contribution in [0.3, 0.4) is 0 Å². The second-order valence-corrected chi connectivity index (χ2v) is 7.39. The Hall–Kier alpha value is -2.89. The van der Waals surface area contributed by atoms with Gasteiger partial charge in [0.1, 0.15) is 18.1 Å². The van der Waals surface area contributed by atoms with Gasteiger partial charge < -0.3 is 14.3 Å². The Labute approximate surface area is 178 Å². The van der Waals surface area contributed by atoms with Crippen molar-refractivity contribution >= 4 is 17.3 Å². The molecule has 6 heteroatoms. The van der Waals surface area contributed by atoms with E-state index >= 15 is 0 Å². The van der Waals surface area contributed by atoms with Crippen LogP contribution in [-0.4, -0.2) is 38.1 Å². The van der Waals surface area contributed by atoms with Gasteiger partial charge in [-0.15, -0.1) is 0 Å². The predicted molar refractivity (Wildman–Crippen MR) is 118 cm³/mol. The van der Waals surface area contributed by atoms with Gasteiger partial charge in [-0.1, -0.05) is 36.6 Å². The number of unbranched alkanes of at least 4 members (excludes halogenated alkanes) is 3. The minimum atomic E-state index is -0.302. The van der Waals surface area contributed by atoms with Crippen molar-refractivity contribution in [2.24, 2.45) is 5.16 Å². The van der Waals surface area contributed by atoms with Crippen LogP contribution in [0, 0.1) is 0 Å². The number of fused-ring (bicyclic) bond motifs is 1. The maximum atomic E-state index is 12.6. The molecule has 0 amide bonds. The zero-order valence-corrected chi connectivity index (χ0v) is 18.5. The monoisotopic (exact) mass is 413 g/mol. The van der Waals surface area contributed by atoms with Gasteiger partial charge in [0.15, 0.2) is 11.6 Å². The molecule has 0 bridgehead atoms. The van der Waals surface area contributed by atoms with Gasteiger partial charge in [0.2, 0.25) is 0 Å². The zero-order chi connectivity index (χ0) is 22.1. The molecule has 1 aromatic rings. The fourth-order valence-electron chi connectivity index (χ4n) is 3.24. The number of benzene rings is 1. The predicted octanol–water partition coefficient (Wildman–Crippen LogP) is 5.30. The fourth-order valence-corrected chi connectivity index (χ4v) is 3.24. The van der Waals surface area contributed by atoms with Crippen molar-refractivity contribution in [3.05, 3.63) is 46.6 Å². The minimum absolute atomic E-state index is 0.201. The van der Waals surface area contributed by atoms with Crippen LogP contribution < -0.4 is 9.47 Å². The standard InChI is InChI=1S/C24H31NO5/c1-6-7-8-9-14-30-25-18(11-10-16(2)3)17-15-21(28-4)22-19(26)12-13-20(27)23(22)24(17)29-5/h10,12-13,15H,6-9,11,14H2,1-5H3. The summed E-state index contributed by atoms with van der Waals surface area (Å²) >= 11 is 0. The molecule has 1 aliphatic carbocycles. The Morgan fingerprint density at radius 3 is 2.30 bits per heavy atom. The van der Waals surface area contributed by atoms with Crippen molar-refractivity contribution in [2.45, 2.75) is 52.9 Å². The van der Waals surface area contributed by atoms with Crippen LogP contribution in [0.25, 0.3) is 0 Å². The molecule has 1 aliphatic rings. The van der Waals surface area contributed by atoms with Gasteiger partial charge in [0.05, 0.1) is 31.1 Å². The number of allylic oxidation sites excluding steroid dienone is 4. The van der Waals surface area contributed by atoms with Crippen molar-refractivity contribution in [3.8, 4) is 11.5 Å². The topological polar surface area (TPSA) is 74.2 Å². The summed E-state index contributed by atoms with van der Waals surface area (Å²) in [7, 11) is 2.95. The summed E-state index contributed by atoms with van der Waals surface area (Å²) in [6.45, 7) is 6.68. The lowest BCUT2D eigenvalue weighted by Crippen LogP contribution is -2.18. The number of oxime groups is 1. The Balaban J connectivity index is 2.51. The summed E-state index contributed by atoms with van der Waals surface area (Å²) in [6.07, 6.45) is 9.37. The van der Waals surface area contributed by atoms with Crippen LogP contribution in [-0.2, 0) is 4.84 Å². The first-order valence-electron chi connectivity index (χ1n) is 10.3. The molecule has 0 radical (unpaired) electrons. The fraction of sp³-hybridized carbons (Fsp3) is 0.458. The van der Waals surface area contributed by atoms with Crippen molar-refractivity contribution < 1.29 is 23.9 Å². The van der Waals surface area contributed by atoms with E-state index in [1.807, 2.05) is 19.9 Å². The Morgan fingerprint density at radius 1 is 1.00 bits per heavy atom. The number of rotatable bonds is 11. The average Bonchev–Trinajstić information content (AvgIpc) is 2.73. The summed E-state index contributed by atoms with van der Waals surface area (Å²) in [4.78, 5) is 30.6. The average molecular weight is 414 g/mol. The summed E-state index contributed by atoms with van der Waals surface area (Å²) in [5.74, 6) is 0.0326. The molecule has 162 valence electrons. The first kappa shape index (κ1) is 23.4. The molecule has 0 aromatic heterocycles. The summed E-state index contributed by atoms with van der Waals surface area (Å²) < 4.78 is 11.0. The van der Waals surface area contributed by atoms with E-state index in [9.17, 15) is 9.59 Å². The first-order chi connectivity index (χ1) is 14.4. The van der Waals surface area contributed by atoms with Crippen LogP contribution in [0.1, 0.15) is 79.2 Å². The Morgan fingerprint density at radius 2 is 1.70 bits per heavy atom. The van der Waals surface area contributed by atoms with Crippen LogP contribution in [0.15, 0.2) is 35.0 Å². The Kier molecular flexibility index (Phi) is 8.84. The van der Waals surface area contributed by atoms with Crippen molar-refractivity contribution in [1.29, 1.82) is 0 Å². The van der Waals surface area contributed by atoms with Crippen LogP contribution in [0.5, 0.6) is 11.5 Å². The normalized spacial score (nSPS) is 13.2. The highest BCUT2D eigenvalue weighted by molar-refractivity contribution is 6.25. The number of hydrogen-bond acceptors (Lipinski definition) is 6. The maximum absolute atomic E-state index is 12.6. The molecule has 0 atom stereocenters. The van der Waals surface area contributed by atoms with Gasteiger partial charge in [-0.3, -0.25) is 9.59 Å². The van der Waals surface area contributed by atoms with E-state index in [1.165, 1.54) is 26.4 Å². The molecule has 0 fully saturated rings. The molecule has 0 unspecified atom stereocenters. The first-order valence-corrected chi connectivity index (χ1v) is 10.3. The van der Waals surface area contributed by atoms with Crippen molar-refractivity contribution in [2.75, 3.05) is 20.8 Å². The number of carbonyl (C=O) groups excluding carboxylic acids is 2. The maximum Gasteiger partial charge on any atom is 0.190 e. The summed E-state index contributed by atoms with van der Waals surface area (Å²) in [5, 5.41) is 4.36. The third-order valence-electron chi connectivity index (χ3n) is 4.82. The van der Waals surface area contributed by atoms with E-state index in [1.54, 1.807) is 6.07 Å². The van der Waals surface area contributed by atoms with Crippen LogP contribution in [0.4, 0.5) is 0 Å². The van der Waals surface area contributed by atoms with Gasteiger partial charge in [0.25, 0.3) is 0 Å². The molecule has 30 heavy (non-hydrogen) atoms.